The Morgan fingerprint density at radius 1 is 1.10 bits per heavy atom. The maximum atomic E-state index is 13.4. The van der Waals surface area contributed by atoms with E-state index in [4.69, 9.17) is 9.15 Å². The first-order valence-corrected chi connectivity index (χ1v) is 15.7. The highest BCUT2D eigenvalue weighted by Gasteiger charge is 2.19. The van der Waals surface area contributed by atoms with Crippen LogP contribution in [0.25, 0.3) is 5.57 Å². The Hall–Kier alpha value is -3.80. The monoisotopic (exact) mass is 638 g/mol. The van der Waals surface area contributed by atoms with Gasteiger partial charge in [-0.25, -0.2) is 22.8 Å². The number of nitrogens with one attached hydrogen (secondary N) is 2. The van der Waals surface area contributed by atoms with Crippen LogP contribution in [-0.2, 0) is 23.0 Å². The average molecular weight is 640 g/mol. The highest BCUT2D eigenvalue weighted by atomic mass is 79.9. The van der Waals surface area contributed by atoms with Gasteiger partial charge in [-0.3, -0.25) is 0 Å². The van der Waals surface area contributed by atoms with Crippen molar-refractivity contribution in [1.29, 1.82) is 0 Å². The second-order valence-corrected chi connectivity index (χ2v) is 12.7. The predicted molar refractivity (Wildman–Crippen MR) is 163 cm³/mol. The summed E-state index contributed by atoms with van der Waals surface area (Å²) in [5, 5.41) is 6.42. The van der Waals surface area contributed by atoms with Gasteiger partial charge in [0, 0.05) is 30.0 Å². The molecule has 8 nitrogen and oxygen atoms in total. The van der Waals surface area contributed by atoms with E-state index in [-0.39, 0.29) is 24.1 Å². The van der Waals surface area contributed by atoms with Crippen LogP contribution in [0.3, 0.4) is 0 Å². The SMILES string of the molecule is CS(=O)(=O)CCNCc1ccc(C2=CC3C=C(Nc4ccc(OCc5cccc(F)c5)c(Br)c4)N=CN=C3C=C2)o1. The molecular weight excluding hydrogens is 611 g/mol. The molecule has 0 saturated heterocycles. The van der Waals surface area contributed by atoms with Gasteiger partial charge in [-0.2, -0.15) is 0 Å². The van der Waals surface area contributed by atoms with Crippen molar-refractivity contribution in [2.45, 2.75) is 13.2 Å². The number of ether oxygens (including phenoxy) is 1. The summed E-state index contributed by atoms with van der Waals surface area (Å²) >= 11 is 3.55. The number of halogens is 2. The summed E-state index contributed by atoms with van der Waals surface area (Å²) in [6.07, 6.45) is 10.7. The second-order valence-electron chi connectivity index (χ2n) is 9.59. The molecule has 5 rings (SSSR count). The summed E-state index contributed by atoms with van der Waals surface area (Å²) in [6.45, 7) is 1.05. The van der Waals surface area contributed by atoms with E-state index in [9.17, 15) is 12.8 Å². The van der Waals surface area contributed by atoms with Crippen molar-refractivity contribution in [3.05, 3.63) is 112 Å². The number of aliphatic imine (C=N–C) groups is 2. The smallest absolute Gasteiger partial charge is 0.148 e. The number of hydrogen-bond acceptors (Lipinski definition) is 8. The summed E-state index contributed by atoms with van der Waals surface area (Å²) in [4.78, 5) is 8.94. The van der Waals surface area contributed by atoms with E-state index >= 15 is 0 Å². The zero-order valence-electron chi connectivity index (χ0n) is 22.2. The molecule has 0 amide bonds. The van der Waals surface area contributed by atoms with E-state index in [2.05, 4.69) is 42.6 Å². The summed E-state index contributed by atoms with van der Waals surface area (Å²) in [5.74, 6) is 2.36. The molecule has 1 unspecified atom stereocenters. The molecule has 2 aliphatic rings. The first-order valence-electron chi connectivity index (χ1n) is 12.9. The van der Waals surface area contributed by atoms with Gasteiger partial charge in [0.25, 0.3) is 0 Å². The Morgan fingerprint density at radius 2 is 1.98 bits per heavy atom. The van der Waals surface area contributed by atoms with Gasteiger partial charge < -0.3 is 19.8 Å². The average Bonchev–Trinajstić information content (AvgIpc) is 3.30. The van der Waals surface area contributed by atoms with Gasteiger partial charge in [-0.05, 0) is 82.2 Å². The maximum absolute atomic E-state index is 13.4. The van der Waals surface area contributed by atoms with Crippen molar-refractivity contribution in [2.24, 2.45) is 15.9 Å². The molecule has 1 atom stereocenters. The Kier molecular flexibility index (Phi) is 8.96. The fourth-order valence-corrected chi connectivity index (χ4v) is 5.23. The third kappa shape index (κ3) is 8.12. The van der Waals surface area contributed by atoms with Crippen LogP contribution in [0.1, 0.15) is 17.1 Å². The molecule has 0 radical (unpaired) electrons. The van der Waals surface area contributed by atoms with Crippen LogP contribution in [0, 0.1) is 11.7 Å². The van der Waals surface area contributed by atoms with Crippen molar-refractivity contribution >= 4 is 49.1 Å². The van der Waals surface area contributed by atoms with E-state index in [1.165, 1.54) is 24.7 Å². The Morgan fingerprint density at radius 3 is 2.78 bits per heavy atom. The van der Waals surface area contributed by atoms with Gasteiger partial charge in [0.15, 0.2) is 0 Å². The first kappa shape index (κ1) is 28.7. The lowest BCUT2D eigenvalue weighted by atomic mass is 9.93. The number of sulfone groups is 1. The lowest BCUT2D eigenvalue weighted by molar-refractivity contribution is 0.303. The van der Waals surface area contributed by atoms with E-state index in [0.29, 0.717) is 30.4 Å². The van der Waals surface area contributed by atoms with Crippen LogP contribution in [-0.4, -0.2) is 39.0 Å². The Balaban J connectivity index is 1.23. The first-order chi connectivity index (χ1) is 19.7. The predicted octanol–water partition coefficient (Wildman–Crippen LogP) is 5.90. The zero-order chi connectivity index (χ0) is 28.8. The van der Waals surface area contributed by atoms with Crippen LogP contribution >= 0.6 is 15.9 Å². The van der Waals surface area contributed by atoms with Gasteiger partial charge in [0.05, 0.1) is 22.5 Å². The van der Waals surface area contributed by atoms with E-state index in [0.717, 1.165) is 32.8 Å². The molecule has 1 aromatic heterocycles. The largest absolute Gasteiger partial charge is 0.488 e. The van der Waals surface area contributed by atoms with Crippen molar-refractivity contribution in [3.63, 3.8) is 0 Å². The molecule has 1 aliphatic carbocycles. The minimum atomic E-state index is -3.01. The highest BCUT2D eigenvalue weighted by Crippen LogP contribution is 2.31. The van der Waals surface area contributed by atoms with E-state index in [1.54, 1.807) is 6.07 Å². The molecule has 0 fully saturated rings. The quantitative estimate of drug-likeness (QED) is 0.253. The van der Waals surface area contributed by atoms with E-state index < -0.39 is 9.84 Å². The van der Waals surface area contributed by atoms with Crippen molar-refractivity contribution in [2.75, 3.05) is 23.9 Å². The molecule has 0 spiro atoms. The van der Waals surface area contributed by atoms with E-state index in [1.807, 2.05) is 54.6 Å². The maximum Gasteiger partial charge on any atom is 0.148 e. The molecule has 2 heterocycles. The Labute approximate surface area is 246 Å². The molecule has 0 saturated carbocycles. The lowest BCUT2D eigenvalue weighted by Gasteiger charge is -2.15. The summed E-state index contributed by atoms with van der Waals surface area (Å²) in [7, 11) is -3.01. The summed E-state index contributed by atoms with van der Waals surface area (Å²) in [5.41, 5.74) is 3.31. The number of furan rings is 1. The number of nitrogens with zero attached hydrogens (tertiary/aromatic N) is 2. The number of hydrogen-bond donors (Lipinski definition) is 2. The Bertz CT molecular complexity index is 1690. The van der Waals surface area contributed by atoms with Gasteiger partial charge in [-0.1, -0.05) is 18.2 Å². The zero-order valence-corrected chi connectivity index (χ0v) is 24.6. The third-order valence-corrected chi connectivity index (χ3v) is 7.82. The molecule has 11 heteroatoms. The molecule has 3 aromatic rings. The highest BCUT2D eigenvalue weighted by molar-refractivity contribution is 9.10. The van der Waals surface area contributed by atoms with Crippen molar-refractivity contribution in [1.82, 2.24) is 5.32 Å². The molecule has 41 heavy (non-hydrogen) atoms. The van der Waals surface area contributed by atoms with Crippen LogP contribution in [0.15, 0.2) is 104 Å². The van der Waals surface area contributed by atoms with Gasteiger partial charge in [0.2, 0.25) is 0 Å². The second kappa shape index (κ2) is 12.8. The van der Waals surface area contributed by atoms with Crippen molar-refractivity contribution in [3.8, 4) is 5.75 Å². The summed E-state index contributed by atoms with van der Waals surface area (Å²) in [6, 6.07) is 15.7. The molecular formula is C30H28BrFN4O4S. The normalized spacial score (nSPS) is 16.4. The van der Waals surface area contributed by atoms with Crippen LogP contribution in [0.5, 0.6) is 5.75 Å². The molecule has 212 valence electrons. The standard InChI is InChI=1S/C30H28BrFN4O4S/c1-41(37,38)12-11-33-17-25-7-10-28(40-25)21-5-8-27-22(14-21)15-30(35-19-34-27)36-24-6-9-29(26(31)16-24)39-18-20-3-2-4-23(32)13-20/h2-10,13-16,19,22,33,36H,11-12,17-18H2,1H3. The topological polar surface area (TPSA) is 105 Å². The van der Waals surface area contributed by atoms with Gasteiger partial charge >= 0.3 is 0 Å². The lowest BCUT2D eigenvalue weighted by Crippen LogP contribution is -2.21. The number of allylic oxidation sites excluding steroid dienone is 5. The number of benzene rings is 2. The number of anilines is 1. The van der Waals surface area contributed by atoms with Crippen LogP contribution < -0.4 is 15.4 Å². The fraction of sp³-hybridized carbons (Fsp3) is 0.200. The minimum Gasteiger partial charge on any atom is -0.488 e. The van der Waals surface area contributed by atoms with Crippen LogP contribution in [0.4, 0.5) is 10.1 Å². The number of rotatable bonds is 11. The fourth-order valence-electron chi connectivity index (χ4n) is 4.22. The van der Waals surface area contributed by atoms with Crippen molar-refractivity contribution < 1.29 is 22.0 Å². The number of fused-ring (bicyclic) bond motifs is 1. The van der Waals surface area contributed by atoms with Gasteiger partial charge in [-0.15, -0.1) is 0 Å². The molecule has 2 N–H and O–H groups in total. The van der Waals surface area contributed by atoms with Gasteiger partial charge in [0.1, 0.15) is 51.7 Å². The minimum absolute atomic E-state index is 0.0778. The molecule has 2 aromatic carbocycles. The molecule has 0 bridgehead atoms. The van der Waals surface area contributed by atoms with Crippen LogP contribution in [0.2, 0.25) is 0 Å². The third-order valence-electron chi connectivity index (χ3n) is 6.26. The summed E-state index contributed by atoms with van der Waals surface area (Å²) < 4.78 is 48.6. The molecule has 1 aliphatic heterocycles.